The largest absolute Gasteiger partial charge is 0.399 e. The summed E-state index contributed by atoms with van der Waals surface area (Å²) in [5, 5.41) is 2.96. The summed E-state index contributed by atoms with van der Waals surface area (Å²) in [6, 6.07) is 7.69. The Labute approximate surface area is 114 Å². The lowest BCUT2D eigenvalue weighted by Gasteiger charge is -2.11. The number of carbonyl (C=O) groups excluding carboxylic acids is 1. The molecule has 1 atom stereocenters. The van der Waals surface area contributed by atoms with Gasteiger partial charge < -0.3 is 11.1 Å². The van der Waals surface area contributed by atoms with Crippen molar-refractivity contribution in [1.29, 1.82) is 0 Å². The van der Waals surface area contributed by atoms with Crippen LogP contribution in [0.3, 0.4) is 0 Å². The number of hydrogen-bond acceptors (Lipinski definition) is 3. The molecule has 0 aliphatic heterocycles. The van der Waals surface area contributed by atoms with Crippen LogP contribution < -0.4 is 11.1 Å². The molecule has 1 rings (SSSR count). The first-order valence-corrected chi connectivity index (χ1v) is 7.62. The Balaban J connectivity index is 2.27. The lowest BCUT2D eigenvalue weighted by atomic mass is 10.1. The third kappa shape index (κ3) is 5.45. The lowest BCUT2D eigenvalue weighted by molar-refractivity contribution is -0.121. The fourth-order valence-corrected chi connectivity index (χ4v) is 2.42. The van der Waals surface area contributed by atoms with Crippen molar-refractivity contribution in [3.05, 3.63) is 29.8 Å². The van der Waals surface area contributed by atoms with Gasteiger partial charge in [0, 0.05) is 18.7 Å². The van der Waals surface area contributed by atoms with Crippen molar-refractivity contribution in [2.75, 3.05) is 24.3 Å². The van der Waals surface area contributed by atoms with Gasteiger partial charge in [-0.05, 0) is 36.0 Å². The van der Waals surface area contributed by atoms with E-state index in [2.05, 4.69) is 18.5 Å². The molecule has 0 aliphatic carbocycles. The normalized spacial score (nSPS) is 12.1. The van der Waals surface area contributed by atoms with Crippen molar-refractivity contribution in [2.24, 2.45) is 5.92 Å². The zero-order valence-electron chi connectivity index (χ0n) is 11.1. The lowest BCUT2D eigenvalue weighted by Crippen LogP contribution is -2.29. The maximum absolute atomic E-state index is 11.7. The molecular weight excluding hydrogens is 244 g/mol. The molecule has 1 unspecified atom stereocenters. The number of amides is 1. The molecule has 18 heavy (non-hydrogen) atoms. The second-order valence-electron chi connectivity index (χ2n) is 4.56. The fourth-order valence-electron chi connectivity index (χ4n) is 1.73. The van der Waals surface area contributed by atoms with Gasteiger partial charge in [0.25, 0.3) is 0 Å². The van der Waals surface area contributed by atoms with Crippen LogP contribution in [0.4, 0.5) is 5.69 Å². The van der Waals surface area contributed by atoms with Crippen LogP contribution in [0.1, 0.15) is 18.9 Å². The number of nitrogen functional groups attached to an aromatic ring is 1. The smallest absolute Gasteiger partial charge is 0.220 e. The number of nitrogens with one attached hydrogen (secondary N) is 1. The Kier molecular flexibility index (Phi) is 6.65. The van der Waals surface area contributed by atoms with E-state index in [1.807, 2.05) is 24.3 Å². The van der Waals surface area contributed by atoms with Gasteiger partial charge >= 0.3 is 0 Å². The summed E-state index contributed by atoms with van der Waals surface area (Å²) in [4.78, 5) is 11.7. The van der Waals surface area contributed by atoms with E-state index in [0.717, 1.165) is 23.5 Å². The average Bonchev–Trinajstić information content (AvgIpc) is 2.36. The van der Waals surface area contributed by atoms with Crippen molar-refractivity contribution >= 4 is 23.4 Å². The van der Waals surface area contributed by atoms with Crippen LogP contribution in [0.5, 0.6) is 0 Å². The molecule has 0 aliphatic rings. The zero-order chi connectivity index (χ0) is 13.4. The monoisotopic (exact) mass is 266 g/mol. The van der Waals surface area contributed by atoms with Crippen molar-refractivity contribution in [1.82, 2.24) is 5.32 Å². The fraction of sp³-hybridized carbons (Fsp3) is 0.500. The van der Waals surface area contributed by atoms with Gasteiger partial charge in [-0.3, -0.25) is 4.79 Å². The molecule has 100 valence electrons. The van der Waals surface area contributed by atoms with Crippen LogP contribution >= 0.6 is 11.8 Å². The van der Waals surface area contributed by atoms with Crippen molar-refractivity contribution in [3.63, 3.8) is 0 Å². The van der Waals surface area contributed by atoms with Crippen LogP contribution in [-0.4, -0.2) is 24.5 Å². The predicted molar refractivity (Wildman–Crippen MR) is 79.7 cm³/mol. The Hall–Kier alpha value is -1.16. The molecule has 0 spiro atoms. The molecule has 0 aromatic heterocycles. The number of thioether (sulfide) groups is 1. The van der Waals surface area contributed by atoms with E-state index in [-0.39, 0.29) is 5.91 Å². The van der Waals surface area contributed by atoms with Gasteiger partial charge in [-0.25, -0.2) is 0 Å². The molecular formula is C14H22N2OS. The van der Waals surface area contributed by atoms with Gasteiger partial charge in [0.05, 0.1) is 0 Å². The Morgan fingerprint density at radius 2 is 2.17 bits per heavy atom. The number of anilines is 1. The summed E-state index contributed by atoms with van der Waals surface area (Å²) in [6.45, 7) is 2.90. The molecule has 1 aromatic rings. The maximum atomic E-state index is 11.7. The molecule has 3 N–H and O–H groups in total. The number of hydrogen-bond donors (Lipinski definition) is 2. The van der Waals surface area contributed by atoms with Crippen molar-refractivity contribution in [3.8, 4) is 0 Å². The highest BCUT2D eigenvalue weighted by atomic mass is 32.2. The van der Waals surface area contributed by atoms with Gasteiger partial charge in [0.1, 0.15) is 0 Å². The van der Waals surface area contributed by atoms with Gasteiger partial charge in [-0.1, -0.05) is 25.1 Å². The van der Waals surface area contributed by atoms with Gasteiger partial charge in [0.2, 0.25) is 5.91 Å². The zero-order valence-corrected chi connectivity index (χ0v) is 11.9. The first-order valence-electron chi connectivity index (χ1n) is 6.22. The second kappa shape index (κ2) is 8.03. The van der Waals surface area contributed by atoms with Gasteiger partial charge in [-0.2, -0.15) is 11.8 Å². The first-order chi connectivity index (χ1) is 8.63. The molecule has 0 radical (unpaired) electrons. The summed E-state index contributed by atoms with van der Waals surface area (Å²) in [5.41, 5.74) is 7.65. The standard InChI is InChI=1S/C14H22N2OS/c1-11(10-18-2)9-16-14(17)8-7-12-5-3-4-6-13(12)15/h3-6,11H,7-10,15H2,1-2H3,(H,16,17). The van der Waals surface area contributed by atoms with E-state index in [0.29, 0.717) is 18.8 Å². The van der Waals surface area contributed by atoms with Crippen LogP contribution in [-0.2, 0) is 11.2 Å². The molecule has 0 saturated carbocycles. The molecule has 0 bridgehead atoms. The van der Waals surface area contributed by atoms with E-state index >= 15 is 0 Å². The van der Waals surface area contributed by atoms with E-state index in [4.69, 9.17) is 5.73 Å². The molecule has 0 fully saturated rings. The SMILES string of the molecule is CSCC(C)CNC(=O)CCc1ccccc1N. The minimum Gasteiger partial charge on any atom is -0.399 e. The van der Waals surface area contributed by atoms with E-state index in [9.17, 15) is 4.79 Å². The van der Waals surface area contributed by atoms with Gasteiger partial charge in [-0.15, -0.1) is 0 Å². The van der Waals surface area contributed by atoms with Gasteiger partial charge in [0.15, 0.2) is 0 Å². The number of nitrogens with two attached hydrogens (primary N) is 1. The van der Waals surface area contributed by atoms with E-state index in [1.54, 1.807) is 11.8 Å². The second-order valence-corrected chi connectivity index (χ2v) is 5.47. The van der Waals surface area contributed by atoms with Crippen LogP contribution in [0, 0.1) is 5.92 Å². The van der Waals surface area contributed by atoms with E-state index < -0.39 is 0 Å². The van der Waals surface area contributed by atoms with Crippen molar-refractivity contribution < 1.29 is 4.79 Å². The summed E-state index contributed by atoms with van der Waals surface area (Å²) >= 11 is 1.81. The van der Waals surface area contributed by atoms with Crippen molar-refractivity contribution in [2.45, 2.75) is 19.8 Å². The average molecular weight is 266 g/mol. The molecule has 3 nitrogen and oxygen atoms in total. The quantitative estimate of drug-likeness (QED) is 0.745. The summed E-state index contributed by atoms with van der Waals surface area (Å²) in [7, 11) is 0. The molecule has 4 heteroatoms. The maximum Gasteiger partial charge on any atom is 0.220 e. The molecule has 0 saturated heterocycles. The highest BCUT2D eigenvalue weighted by molar-refractivity contribution is 7.98. The summed E-state index contributed by atoms with van der Waals surface area (Å²) < 4.78 is 0. The molecule has 0 heterocycles. The highest BCUT2D eigenvalue weighted by Crippen LogP contribution is 2.12. The molecule has 1 aromatic carbocycles. The number of carbonyl (C=O) groups is 1. The Bertz CT molecular complexity index is 382. The first kappa shape index (κ1) is 14.9. The number of rotatable bonds is 7. The van der Waals surface area contributed by atoms with Crippen LogP contribution in [0.15, 0.2) is 24.3 Å². The third-order valence-electron chi connectivity index (χ3n) is 2.78. The molecule has 1 amide bonds. The number of para-hydroxylation sites is 1. The summed E-state index contributed by atoms with van der Waals surface area (Å²) in [5.74, 6) is 1.70. The van der Waals surface area contributed by atoms with Crippen LogP contribution in [0.2, 0.25) is 0 Å². The Morgan fingerprint density at radius 3 is 2.83 bits per heavy atom. The highest BCUT2D eigenvalue weighted by Gasteiger charge is 2.06. The van der Waals surface area contributed by atoms with E-state index in [1.165, 1.54) is 0 Å². The predicted octanol–water partition coefficient (Wildman–Crippen LogP) is 2.32. The third-order valence-corrected chi connectivity index (χ3v) is 3.68. The minimum absolute atomic E-state index is 0.103. The Morgan fingerprint density at radius 1 is 1.44 bits per heavy atom. The summed E-state index contributed by atoms with van der Waals surface area (Å²) in [6.07, 6.45) is 3.28. The number of benzene rings is 1. The van der Waals surface area contributed by atoms with Crippen LogP contribution in [0.25, 0.3) is 0 Å². The number of aryl methyl sites for hydroxylation is 1. The topological polar surface area (TPSA) is 55.1 Å². The minimum atomic E-state index is 0.103.